The van der Waals surface area contributed by atoms with Gasteiger partial charge in [0, 0.05) is 24.8 Å². The summed E-state index contributed by atoms with van der Waals surface area (Å²) >= 11 is 0. The molecule has 0 unspecified atom stereocenters. The van der Waals surface area contributed by atoms with Gasteiger partial charge in [0.2, 0.25) is 11.8 Å². The van der Waals surface area contributed by atoms with Crippen molar-refractivity contribution in [3.8, 4) is 11.6 Å². The van der Waals surface area contributed by atoms with E-state index in [0.29, 0.717) is 5.88 Å². The first kappa shape index (κ1) is 19.7. The second-order valence-corrected chi connectivity index (χ2v) is 6.04. The van der Waals surface area contributed by atoms with Crippen LogP contribution in [0.25, 0.3) is 0 Å². The van der Waals surface area contributed by atoms with Gasteiger partial charge in [-0.2, -0.15) is 0 Å². The first-order valence-electron chi connectivity index (χ1n) is 8.68. The molecule has 26 heavy (non-hydrogen) atoms. The van der Waals surface area contributed by atoms with Crippen molar-refractivity contribution in [2.45, 2.75) is 31.8 Å². The summed E-state index contributed by atoms with van der Waals surface area (Å²) in [4.78, 5) is 16.2. The van der Waals surface area contributed by atoms with Crippen LogP contribution in [0, 0.1) is 0 Å². The molecule has 6 nitrogen and oxygen atoms in total. The molecule has 2 atom stereocenters. The minimum absolute atomic E-state index is 0.0534. The Labute approximate surface area is 154 Å². The molecule has 0 aliphatic heterocycles. The third-order valence-electron chi connectivity index (χ3n) is 4.34. The number of benzene rings is 1. The predicted octanol–water partition coefficient (Wildman–Crippen LogP) is 2.50. The molecule has 0 bridgehead atoms. The topological polar surface area (TPSA) is 72.5 Å². The van der Waals surface area contributed by atoms with Gasteiger partial charge in [-0.15, -0.1) is 0 Å². The van der Waals surface area contributed by atoms with Gasteiger partial charge in [-0.05, 0) is 43.5 Å². The van der Waals surface area contributed by atoms with Crippen molar-refractivity contribution in [2.75, 3.05) is 21.3 Å². The van der Waals surface area contributed by atoms with Crippen LogP contribution in [-0.4, -0.2) is 38.2 Å². The molecule has 1 aromatic carbocycles. The lowest BCUT2D eigenvalue weighted by Gasteiger charge is -2.24. The molecule has 0 saturated heterocycles. The molecule has 0 spiro atoms. The molecule has 0 fully saturated rings. The summed E-state index contributed by atoms with van der Waals surface area (Å²) in [7, 11) is 4.90. The number of ether oxygens (including phenoxy) is 2. The maximum Gasteiger partial charge on any atom is 0.236 e. The Kier molecular flexibility index (Phi) is 7.41. The number of hydrogen-bond acceptors (Lipinski definition) is 5. The average Bonchev–Trinajstić information content (AvgIpc) is 2.70. The molecule has 0 radical (unpaired) electrons. The second kappa shape index (κ2) is 9.77. The highest BCUT2D eigenvalue weighted by Gasteiger charge is 2.21. The number of likely N-dealkylation sites (N-methyl/N-ethyl adjacent to an activating group) is 1. The molecule has 1 heterocycles. The van der Waals surface area contributed by atoms with E-state index in [-0.39, 0.29) is 18.0 Å². The zero-order valence-corrected chi connectivity index (χ0v) is 15.8. The summed E-state index contributed by atoms with van der Waals surface area (Å²) in [5.41, 5.74) is 2.15. The lowest BCUT2D eigenvalue weighted by molar-refractivity contribution is -0.122. The van der Waals surface area contributed by atoms with Crippen LogP contribution < -0.4 is 20.1 Å². The van der Waals surface area contributed by atoms with E-state index in [1.165, 1.54) is 5.56 Å². The molecule has 2 aromatic rings. The first-order valence-corrected chi connectivity index (χ1v) is 8.68. The first-order chi connectivity index (χ1) is 12.6. The summed E-state index contributed by atoms with van der Waals surface area (Å²) in [6, 6.07) is 11.5. The minimum atomic E-state index is -0.328. The average molecular weight is 357 g/mol. The highest BCUT2D eigenvalue weighted by atomic mass is 16.5. The molecule has 0 aliphatic rings. The van der Waals surface area contributed by atoms with Crippen LogP contribution in [0.1, 0.15) is 30.5 Å². The summed E-state index contributed by atoms with van der Waals surface area (Å²) in [6.07, 6.45) is 3.35. The summed E-state index contributed by atoms with van der Waals surface area (Å²) in [5, 5.41) is 6.07. The van der Waals surface area contributed by atoms with Crippen molar-refractivity contribution in [1.29, 1.82) is 0 Å². The lowest BCUT2D eigenvalue weighted by Crippen LogP contribution is -2.42. The largest absolute Gasteiger partial charge is 0.497 e. The standard InChI is InChI=1S/C20H27N3O3/c1-14(19(24)21-2)23-18(17-6-5-13-22-20(17)26-4)12-9-15-7-10-16(25-3)11-8-15/h5-8,10-11,13-14,18,23H,9,12H2,1-4H3,(H,21,24)/t14-,18-/m0/s1. The van der Waals surface area contributed by atoms with Crippen molar-refractivity contribution < 1.29 is 14.3 Å². The van der Waals surface area contributed by atoms with Crippen LogP contribution in [-0.2, 0) is 11.2 Å². The number of aromatic nitrogens is 1. The van der Waals surface area contributed by atoms with Crippen molar-refractivity contribution in [1.82, 2.24) is 15.6 Å². The molecule has 1 aromatic heterocycles. The zero-order chi connectivity index (χ0) is 18.9. The van der Waals surface area contributed by atoms with Gasteiger partial charge in [0.1, 0.15) is 5.75 Å². The molecular weight excluding hydrogens is 330 g/mol. The SMILES string of the molecule is CNC(=O)[C@H](C)N[C@@H](CCc1ccc(OC)cc1)c1cccnc1OC. The number of nitrogens with one attached hydrogen (secondary N) is 2. The van der Waals surface area contributed by atoms with E-state index < -0.39 is 0 Å². The molecule has 6 heteroatoms. The highest BCUT2D eigenvalue weighted by molar-refractivity contribution is 5.81. The van der Waals surface area contributed by atoms with Crippen LogP contribution in [0.2, 0.25) is 0 Å². The van der Waals surface area contributed by atoms with Crippen LogP contribution in [0.4, 0.5) is 0 Å². The fourth-order valence-electron chi connectivity index (χ4n) is 2.86. The Bertz CT molecular complexity index is 704. The number of rotatable bonds is 9. The van der Waals surface area contributed by atoms with Crippen molar-refractivity contribution in [2.24, 2.45) is 0 Å². The second-order valence-electron chi connectivity index (χ2n) is 6.04. The quantitative estimate of drug-likeness (QED) is 0.721. The Hall–Kier alpha value is -2.60. The minimum Gasteiger partial charge on any atom is -0.497 e. The number of carbonyl (C=O) groups excluding carboxylic acids is 1. The van der Waals surface area contributed by atoms with E-state index in [2.05, 4.69) is 27.8 Å². The van der Waals surface area contributed by atoms with E-state index >= 15 is 0 Å². The number of amides is 1. The van der Waals surface area contributed by atoms with Crippen molar-refractivity contribution in [3.05, 3.63) is 53.7 Å². The van der Waals surface area contributed by atoms with Crippen molar-refractivity contribution >= 4 is 5.91 Å². The number of aryl methyl sites for hydroxylation is 1. The molecule has 140 valence electrons. The van der Waals surface area contributed by atoms with E-state index in [9.17, 15) is 4.79 Å². The lowest BCUT2D eigenvalue weighted by atomic mass is 9.98. The number of nitrogens with zero attached hydrogens (tertiary/aromatic N) is 1. The third kappa shape index (κ3) is 5.20. The van der Waals surface area contributed by atoms with Gasteiger partial charge in [0.05, 0.1) is 20.3 Å². The molecule has 1 amide bonds. The van der Waals surface area contributed by atoms with E-state index in [1.807, 2.05) is 31.2 Å². The van der Waals surface area contributed by atoms with Gasteiger partial charge in [0.25, 0.3) is 0 Å². The molecule has 2 rings (SSSR count). The smallest absolute Gasteiger partial charge is 0.236 e. The maximum atomic E-state index is 11.9. The normalized spacial score (nSPS) is 12.9. The van der Waals surface area contributed by atoms with Gasteiger partial charge < -0.3 is 14.8 Å². The molecule has 0 saturated carbocycles. The fraction of sp³-hybridized carbons (Fsp3) is 0.400. The Morgan fingerprint density at radius 2 is 1.88 bits per heavy atom. The monoisotopic (exact) mass is 357 g/mol. The maximum absolute atomic E-state index is 11.9. The van der Waals surface area contributed by atoms with Gasteiger partial charge in [0.15, 0.2) is 0 Å². The van der Waals surface area contributed by atoms with Crippen LogP contribution in [0.5, 0.6) is 11.6 Å². The van der Waals surface area contributed by atoms with E-state index in [1.54, 1.807) is 27.5 Å². The summed E-state index contributed by atoms with van der Waals surface area (Å²) in [5.74, 6) is 1.36. The number of methoxy groups -OCH3 is 2. The van der Waals surface area contributed by atoms with E-state index in [4.69, 9.17) is 9.47 Å². The third-order valence-corrected chi connectivity index (χ3v) is 4.34. The highest BCUT2D eigenvalue weighted by Crippen LogP contribution is 2.27. The molecular formula is C20H27N3O3. The van der Waals surface area contributed by atoms with Crippen molar-refractivity contribution in [3.63, 3.8) is 0 Å². The van der Waals surface area contributed by atoms with Gasteiger partial charge in [-0.1, -0.05) is 18.2 Å². The Balaban J connectivity index is 2.17. The fourth-order valence-corrected chi connectivity index (χ4v) is 2.86. The summed E-state index contributed by atoms with van der Waals surface area (Å²) < 4.78 is 10.6. The predicted molar refractivity (Wildman–Crippen MR) is 102 cm³/mol. The van der Waals surface area contributed by atoms with Gasteiger partial charge in [-0.25, -0.2) is 4.98 Å². The van der Waals surface area contributed by atoms with Gasteiger partial charge in [-0.3, -0.25) is 10.1 Å². The Morgan fingerprint density at radius 1 is 1.15 bits per heavy atom. The number of hydrogen-bond donors (Lipinski definition) is 2. The molecule has 0 aliphatic carbocycles. The molecule has 2 N–H and O–H groups in total. The van der Waals surface area contributed by atoms with Crippen LogP contribution in [0.15, 0.2) is 42.6 Å². The summed E-state index contributed by atoms with van der Waals surface area (Å²) in [6.45, 7) is 1.85. The zero-order valence-electron chi connectivity index (χ0n) is 15.8. The number of carbonyl (C=O) groups is 1. The van der Waals surface area contributed by atoms with Gasteiger partial charge >= 0.3 is 0 Å². The van der Waals surface area contributed by atoms with E-state index in [0.717, 1.165) is 24.2 Å². The van der Waals surface area contributed by atoms with Crippen LogP contribution in [0.3, 0.4) is 0 Å². The number of pyridine rings is 1. The Morgan fingerprint density at radius 3 is 2.50 bits per heavy atom. The van der Waals surface area contributed by atoms with Crippen LogP contribution >= 0.6 is 0 Å².